The van der Waals surface area contributed by atoms with Crippen LogP contribution < -0.4 is 16.0 Å². The van der Waals surface area contributed by atoms with E-state index >= 15 is 0 Å². The molecule has 3 aromatic heterocycles. The molecule has 222 valence electrons. The maximum absolute atomic E-state index is 12.9. The first-order valence-electron chi connectivity index (χ1n) is 14.0. The number of fused-ring (bicyclic) bond motifs is 1. The van der Waals surface area contributed by atoms with Crippen molar-refractivity contribution in [1.29, 1.82) is 0 Å². The summed E-state index contributed by atoms with van der Waals surface area (Å²) >= 11 is 7.84. The highest BCUT2D eigenvalue weighted by Gasteiger charge is 2.36. The van der Waals surface area contributed by atoms with Gasteiger partial charge >= 0.3 is 11.9 Å². The summed E-state index contributed by atoms with van der Waals surface area (Å²) in [5, 5.41) is 0.567. The number of pyridine rings is 1. The smallest absolute Gasteiger partial charge is 0.406 e. The van der Waals surface area contributed by atoms with Crippen molar-refractivity contribution in [3.8, 4) is 16.9 Å². The Morgan fingerprint density at radius 2 is 1.83 bits per heavy atom. The molecule has 1 aliphatic heterocycles. The normalized spacial score (nSPS) is 19.6. The maximum Gasteiger partial charge on any atom is 0.406 e. The van der Waals surface area contributed by atoms with Crippen LogP contribution in [0.3, 0.4) is 0 Å². The molecule has 1 saturated carbocycles. The summed E-state index contributed by atoms with van der Waals surface area (Å²) in [6, 6.07) is 8.91. The Kier molecular flexibility index (Phi) is 7.93. The predicted octanol–water partition coefficient (Wildman–Crippen LogP) is 6.25. The van der Waals surface area contributed by atoms with Crippen LogP contribution in [0.15, 0.2) is 52.3 Å². The molecule has 1 saturated heterocycles. The summed E-state index contributed by atoms with van der Waals surface area (Å²) in [4.78, 5) is 32.9. The third-order valence-corrected chi connectivity index (χ3v) is 9.42. The van der Waals surface area contributed by atoms with Crippen LogP contribution in [0.2, 0.25) is 5.02 Å². The molecule has 0 atom stereocenters. The Labute approximate surface area is 249 Å². The van der Waals surface area contributed by atoms with Gasteiger partial charge < -0.3 is 9.64 Å². The Balaban J connectivity index is 1.30. The van der Waals surface area contributed by atoms with Gasteiger partial charge in [-0.15, -0.1) is 11.3 Å². The van der Waals surface area contributed by atoms with Gasteiger partial charge in [-0.3, -0.25) is 18.9 Å². The predicted molar refractivity (Wildman–Crippen MR) is 158 cm³/mol. The zero-order chi connectivity index (χ0) is 29.6. The second-order valence-corrected chi connectivity index (χ2v) is 12.7. The van der Waals surface area contributed by atoms with Crippen molar-refractivity contribution in [3.05, 3.63) is 79.0 Å². The number of alkyl halides is 3. The number of aromatic nitrogens is 3. The number of hydrogen-bond donors (Lipinski definition) is 0. The van der Waals surface area contributed by atoms with Gasteiger partial charge in [0.25, 0.3) is 5.56 Å². The molecule has 0 spiro atoms. The number of halogens is 4. The lowest BCUT2D eigenvalue weighted by Crippen LogP contribution is -2.50. The number of hydrogen-bond acceptors (Lipinski definition) is 6. The Hall–Kier alpha value is -3.15. The summed E-state index contributed by atoms with van der Waals surface area (Å²) in [7, 11) is 0. The van der Waals surface area contributed by atoms with Crippen LogP contribution in [-0.2, 0) is 13.1 Å². The van der Waals surface area contributed by atoms with Crippen molar-refractivity contribution in [2.75, 3.05) is 13.1 Å². The third-order valence-electron chi connectivity index (χ3n) is 8.06. The van der Waals surface area contributed by atoms with Gasteiger partial charge in [0.05, 0.1) is 16.8 Å². The Morgan fingerprint density at radius 3 is 2.57 bits per heavy atom. The summed E-state index contributed by atoms with van der Waals surface area (Å²) < 4.78 is 47.6. The Bertz CT molecular complexity index is 1740. The zero-order valence-corrected chi connectivity index (χ0v) is 24.6. The lowest BCUT2D eigenvalue weighted by molar-refractivity contribution is -0.141. The summed E-state index contributed by atoms with van der Waals surface area (Å²) in [5.41, 5.74) is 1.54. The monoisotopic (exact) mass is 618 g/mol. The molecular weight excluding hydrogens is 589 g/mol. The maximum atomic E-state index is 12.9. The SMILES string of the molecule is Cc1cc(Cl)cc(-c2ccnc3cc(Cn4c(=O)ccn(CC(F)(F)F)c4=O)sc23)c1OC1CC(N2CCCCC2)C1. The first-order chi connectivity index (χ1) is 20.1. The van der Waals surface area contributed by atoms with Gasteiger partial charge in [0.15, 0.2) is 0 Å². The van der Waals surface area contributed by atoms with E-state index in [1.54, 1.807) is 12.3 Å². The van der Waals surface area contributed by atoms with Crippen molar-refractivity contribution in [2.24, 2.45) is 0 Å². The average Bonchev–Trinajstić information content (AvgIpc) is 3.33. The summed E-state index contributed by atoms with van der Waals surface area (Å²) in [6.07, 6.45) is 3.84. The van der Waals surface area contributed by atoms with E-state index in [0.717, 1.165) is 69.9 Å². The fraction of sp³-hybridized carbons (Fsp3) is 0.433. The number of thiophene rings is 1. The second-order valence-electron chi connectivity index (χ2n) is 11.1. The molecule has 1 aliphatic carbocycles. The topological polar surface area (TPSA) is 69.4 Å². The van der Waals surface area contributed by atoms with Crippen LogP contribution in [0.4, 0.5) is 13.2 Å². The molecular formula is C30H30ClF3N4O3S. The minimum atomic E-state index is -4.59. The van der Waals surface area contributed by atoms with Crippen molar-refractivity contribution < 1.29 is 17.9 Å². The molecule has 0 N–H and O–H groups in total. The number of ether oxygens (including phenoxy) is 1. The summed E-state index contributed by atoms with van der Waals surface area (Å²) in [5.74, 6) is 0.762. The largest absolute Gasteiger partial charge is 0.489 e. The van der Waals surface area contributed by atoms with Crippen LogP contribution in [0.25, 0.3) is 21.3 Å². The lowest BCUT2D eigenvalue weighted by atomic mass is 9.86. The van der Waals surface area contributed by atoms with Gasteiger partial charge in [-0.25, -0.2) is 4.79 Å². The molecule has 12 heteroatoms. The highest BCUT2D eigenvalue weighted by atomic mass is 35.5. The van der Waals surface area contributed by atoms with Crippen LogP contribution in [-0.4, -0.2) is 50.4 Å². The number of rotatable bonds is 7. The molecule has 0 radical (unpaired) electrons. The Morgan fingerprint density at radius 1 is 1.07 bits per heavy atom. The molecule has 0 amide bonds. The van der Waals surface area contributed by atoms with Gasteiger partial charge in [-0.2, -0.15) is 13.2 Å². The van der Waals surface area contributed by atoms with Crippen LogP contribution in [0.5, 0.6) is 5.75 Å². The molecule has 4 heterocycles. The third kappa shape index (κ3) is 6.00. The van der Waals surface area contributed by atoms with Gasteiger partial charge in [-0.05, 0) is 62.7 Å². The van der Waals surface area contributed by atoms with Crippen molar-refractivity contribution >= 4 is 33.2 Å². The van der Waals surface area contributed by atoms with E-state index < -0.39 is 24.0 Å². The summed E-state index contributed by atoms with van der Waals surface area (Å²) in [6.45, 7) is 2.64. The highest BCUT2D eigenvalue weighted by Crippen LogP contribution is 2.43. The molecule has 2 fully saturated rings. The molecule has 6 rings (SSSR count). The van der Waals surface area contributed by atoms with E-state index in [9.17, 15) is 22.8 Å². The number of likely N-dealkylation sites (tertiary alicyclic amines) is 1. The number of piperidine rings is 1. The number of nitrogens with zero attached hydrogens (tertiary/aromatic N) is 4. The number of aryl methyl sites for hydroxylation is 1. The van der Waals surface area contributed by atoms with Crippen molar-refractivity contribution in [3.63, 3.8) is 0 Å². The molecule has 0 bridgehead atoms. The molecule has 1 aromatic carbocycles. The molecule has 0 unspecified atom stereocenters. The average molecular weight is 619 g/mol. The van der Waals surface area contributed by atoms with Crippen molar-refractivity contribution in [2.45, 2.75) is 70.4 Å². The van der Waals surface area contributed by atoms with Crippen LogP contribution in [0.1, 0.15) is 42.5 Å². The lowest BCUT2D eigenvalue weighted by Gasteiger charge is -2.44. The van der Waals surface area contributed by atoms with E-state index in [2.05, 4.69) is 9.88 Å². The fourth-order valence-electron chi connectivity index (χ4n) is 5.92. The first kappa shape index (κ1) is 28.9. The molecule has 7 nitrogen and oxygen atoms in total. The quantitative estimate of drug-likeness (QED) is 0.245. The highest BCUT2D eigenvalue weighted by molar-refractivity contribution is 7.19. The minimum Gasteiger partial charge on any atom is -0.489 e. The van der Waals surface area contributed by atoms with E-state index in [1.165, 1.54) is 30.6 Å². The molecule has 42 heavy (non-hydrogen) atoms. The minimum absolute atomic E-state index is 0.107. The number of benzene rings is 1. The molecule has 4 aromatic rings. The van der Waals surface area contributed by atoms with Gasteiger partial charge in [0, 0.05) is 58.4 Å². The zero-order valence-electron chi connectivity index (χ0n) is 23.0. The van der Waals surface area contributed by atoms with Crippen LogP contribution in [0, 0.1) is 6.92 Å². The fourth-order valence-corrected chi connectivity index (χ4v) is 7.32. The molecule has 2 aliphatic rings. The first-order valence-corrected chi connectivity index (χ1v) is 15.2. The van der Waals surface area contributed by atoms with Gasteiger partial charge in [0.2, 0.25) is 0 Å². The van der Waals surface area contributed by atoms with Gasteiger partial charge in [-0.1, -0.05) is 18.0 Å². The standard InChI is InChI=1S/C30H30ClF3N4O3S/c1-18-11-19(31)12-24(27(18)41-21-13-20(14-21)36-8-3-2-4-9-36)23-5-7-35-25-15-22(42-28(23)25)16-38-26(39)6-10-37(29(38)40)17-30(32,33)34/h5-7,10-12,15,20-21H,2-4,8-9,13-14,16-17H2,1H3. The van der Waals surface area contributed by atoms with E-state index in [0.29, 0.717) is 26.0 Å². The van der Waals surface area contributed by atoms with E-state index in [4.69, 9.17) is 16.3 Å². The second kappa shape index (κ2) is 11.5. The van der Waals surface area contributed by atoms with Crippen LogP contribution >= 0.6 is 22.9 Å². The van der Waals surface area contributed by atoms with E-state index in [1.807, 2.05) is 25.1 Å². The van der Waals surface area contributed by atoms with Crippen molar-refractivity contribution in [1.82, 2.24) is 19.0 Å². The van der Waals surface area contributed by atoms with Gasteiger partial charge in [0.1, 0.15) is 18.4 Å². The van der Waals surface area contributed by atoms with E-state index in [-0.39, 0.29) is 12.6 Å².